The second-order valence-electron chi connectivity index (χ2n) is 8.85. The number of ether oxygens (including phenoxy) is 1. The van der Waals surface area contributed by atoms with Gasteiger partial charge in [-0.2, -0.15) is 4.98 Å². The van der Waals surface area contributed by atoms with Gasteiger partial charge in [0.1, 0.15) is 23.3 Å². The second-order valence-corrected chi connectivity index (χ2v) is 9.26. The Labute approximate surface area is 222 Å². The number of fused-ring (bicyclic) bond motifs is 2. The summed E-state index contributed by atoms with van der Waals surface area (Å²) in [4.78, 5) is 22.8. The molecule has 6 rings (SSSR count). The molecule has 1 N–H and O–H groups in total. The SMILES string of the molecule is COc1ccc(Cn2cnc3c(NC(C)c4cc5cccc(Cl)c5c(-c5noc(C)n5)n4)ncnc32)cc1. The molecule has 4 aromatic heterocycles. The van der Waals surface area contributed by atoms with Gasteiger partial charge < -0.3 is 19.1 Å². The molecule has 4 heterocycles. The number of rotatable bonds is 7. The lowest BCUT2D eigenvalue weighted by Crippen LogP contribution is -2.11. The molecule has 2 aromatic carbocycles. The Bertz CT molecular complexity index is 1760. The van der Waals surface area contributed by atoms with Crippen LogP contribution in [0, 0.1) is 6.92 Å². The van der Waals surface area contributed by atoms with E-state index >= 15 is 0 Å². The highest BCUT2D eigenvalue weighted by atomic mass is 35.5. The molecule has 1 atom stereocenters. The lowest BCUT2D eigenvalue weighted by molar-refractivity contribution is 0.394. The molecular weight excluding hydrogens is 504 g/mol. The van der Waals surface area contributed by atoms with Crippen molar-refractivity contribution in [2.75, 3.05) is 12.4 Å². The monoisotopic (exact) mass is 526 g/mol. The highest BCUT2D eigenvalue weighted by Crippen LogP contribution is 2.34. The molecule has 0 fully saturated rings. The van der Waals surface area contributed by atoms with Crippen molar-refractivity contribution in [2.45, 2.75) is 26.4 Å². The number of hydrogen-bond acceptors (Lipinski definition) is 9. The molecule has 1 unspecified atom stereocenters. The Balaban J connectivity index is 1.33. The number of aryl methyl sites for hydroxylation is 1. The van der Waals surface area contributed by atoms with Crippen LogP contribution in [0.5, 0.6) is 5.75 Å². The first-order valence-corrected chi connectivity index (χ1v) is 12.3. The van der Waals surface area contributed by atoms with E-state index < -0.39 is 0 Å². The molecular formula is C27H23ClN8O2. The third-order valence-electron chi connectivity index (χ3n) is 6.28. The van der Waals surface area contributed by atoms with E-state index in [0.29, 0.717) is 40.3 Å². The van der Waals surface area contributed by atoms with Gasteiger partial charge in [-0.25, -0.2) is 19.9 Å². The molecule has 11 heteroatoms. The zero-order valence-corrected chi connectivity index (χ0v) is 21.6. The van der Waals surface area contributed by atoms with Crippen molar-refractivity contribution in [3.63, 3.8) is 0 Å². The van der Waals surface area contributed by atoms with E-state index in [9.17, 15) is 0 Å². The van der Waals surface area contributed by atoms with Gasteiger partial charge in [0.05, 0.1) is 36.7 Å². The molecule has 0 aliphatic heterocycles. The zero-order chi connectivity index (χ0) is 26.2. The molecule has 0 spiro atoms. The molecule has 0 aliphatic carbocycles. The molecule has 6 aromatic rings. The van der Waals surface area contributed by atoms with Gasteiger partial charge in [0.2, 0.25) is 11.7 Å². The lowest BCUT2D eigenvalue weighted by Gasteiger charge is -2.16. The molecule has 0 radical (unpaired) electrons. The fraction of sp³-hybridized carbons (Fsp3) is 0.185. The van der Waals surface area contributed by atoms with Crippen LogP contribution in [0.3, 0.4) is 0 Å². The maximum atomic E-state index is 6.55. The minimum Gasteiger partial charge on any atom is -0.497 e. The largest absolute Gasteiger partial charge is 0.497 e. The standard InChI is InChI=1S/C27H23ClN8O2/c1-15(21-11-18-5-4-6-20(28)22(18)23(34-21)26-33-16(2)38-35-26)32-25-24-27(30-13-29-25)36(14-31-24)12-17-7-9-19(37-3)10-8-17/h4-11,13-15H,12H2,1-3H3,(H,29,30,32). The predicted octanol–water partition coefficient (Wildman–Crippen LogP) is 5.62. The number of pyridine rings is 1. The Morgan fingerprint density at radius 3 is 2.68 bits per heavy atom. The first-order chi connectivity index (χ1) is 18.5. The molecule has 10 nitrogen and oxygen atoms in total. The molecule has 0 aliphatic rings. The number of imidazole rings is 1. The summed E-state index contributed by atoms with van der Waals surface area (Å²) in [5.74, 6) is 2.26. The van der Waals surface area contributed by atoms with Crippen molar-refractivity contribution in [1.82, 2.24) is 34.6 Å². The normalized spacial score (nSPS) is 12.2. The third-order valence-corrected chi connectivity index (χ3v) is 6.59. The summed E-state index contributed by atoms with van der Waals surface area (Å²) in [6, 6.07) is 15.4. The number of aromatic nitrogens is 7. The van der Waals surface area contributed by atoms with Crippen LogP contribution in [0.25, 0.3) is 33.5 Å². The lowest BCUT2D eigenvalue weighted by atomic mass is 10.1. The van der Waals surface area contributed by atoms with Gasteiger partial charge in [0, 0.05) is 12.3 Å². The van der Waals surface area contributed by atoms with E-state index in [-0.39, 0.29) is 6.04 Å². The molecule has 0 saturated carbocycles. The topological polar surface area (TPSA) is 117 Å². The summed E-state index contributed by atoms with van der Waals surface area (Å²) in [5.41, 5.74) is 3.83. The van der Waals surface area contributed by atoms with Crippen LogP contribution in [0.4, 0.5) is 5.82 Å². The molecule has 0 amide bonds. The molecule has 38 heavy (non-hydrogen) atoms. The van der Waals surface area contributed by atoms with Gasteiger partial charge in [0.25, 0.3) is 0 Å². The minimum absolute atomic E-state index is 0.227. The first-order valence-electron chi connectivity index (χ1n) is 12.0. The van der Waals surface area contributed by atoms with E-state index in [4.69, 9.17) is 25.8 Å². The predicted molar refractivity (Wildman–Crippen MR) is 144 cm³/mol. The van der Waals surface area contributed by atoms with Crippen LogP contribution >= 0.6 is 11.6 Å². The highest BCUT2D eigenvalue weighted by molar-refractivity contribution is 6.36. The quantitative estimate of drug-likeness (QED) is 0.283. The van der Waals surface area contributed by atoms with Gasteiger partial charge in [-0.1, -0.05) is 41.0 Å². The van der Waals surface area contributed by atoms with Crippen molar-refractivity contribution in [3.05, 3.63) is 83.4 Å². The summed E-state index contributed by atoms with van der Waals surface area (Å²) in [6.07, 6.45) is 3.30. The Morgan fingerprint density at radius 2 is 1.92 bits per heavy atom. The third kappa shape index (κ3) is 4.39. The summed E-state index contributed by atoms with van der Waals surface area (Å²) in [5, 5.41) is 9.80. The van der Waals surface area contributed by atoms with E-state index in [2.05, 4.69) is 30.4 Å². The maximum Gasteiger partial charge on any atom is 0.223 e. The van der Waals surface area contributed by atoms with Gasteiger partial charge >= 0.3 is 0 Å². The van der Waals surface area contributed by atoms with E-state index in [1.54, 1.807) is 20.4 Å². The fourth-order valence-electron chi connectivity index (χ4n) is 4.38. The Morgan fingerprint density at radius 1 is 1.08 bits per heavy atom. The van der Waals surface area contributed by atoms with Crippen LogP contribution < -0.4 is 10.1 Å². The van der Waals surface area contributed by atoms with Crippen molar-refractivity contribution in [3.8, 4) is 17.3 Å². The van der Waals surface area contributed by atoms with E-state index in [1.165, 1.54) is 6.33 Å². The minimum atomic E-state index is -0.227. The van der Waals surface area contributed by atoms with Crippen molar-refractivity contribution < 1.29 is 9.26 Å². The second kappa shape index (κ2) is 9.71. The van der Waals surface area contributed by atoms with Crippen LogP contribution in [-0.2, 0) is 6.54 Å². The molecule has 0 saturated heterocycles. The first kappa shape index (κ1) is 23.8. The number of nitrogens with zero attached hydrogens (tertiary/aromatic N) is 7. The van der Waals surface area contributed by atoms with Gasteiger partial charge in [0.15, 0.2) is 11.5 Å². The molecule has 0 bridgehead atoms. The van der Waals surface area contributed by atoms with Gasteiger partial charge in [-0.3, -0.25) is 0 Å². The average molecular weight is 527 g/mol. The van der Waals surface area contributed by atoms with Crippen LogP contribution in [0.1, 0.15) is 30.1 Å². The van der Waals surface area contributed by atoms with Crippen molar-refractivity contribution in [2.24, 2.45) is 0 Å². The van der Waals surface area contributed by atoms with Gasteiger partial charge in [-0.05, 0) is 42.1 Å². The fourth-order valence-corrected chi connectivity index (χ4v) is 4.65. The Kier molecular flexibility index (Phi) is 6.09. The molecule has 190 valence electrons. The number of benzene rings is 2. The number of halogens is 1. The van der Waals surface area contributed by atoms with E-state index in [1.807, 2.05) is 60.0 Å². The summed E-state index contributed by atoms with van der Waals surface area (Å²) in [6.45, 7) is 4.36. The zero-order valence-electron chi connectivity index (χ0n) is 20.9. The number of methoxy groups -OCH3 is 1. The van der Waals surface area contributed by atoms with Crippen LogP contribution in [0.2, 0.25) is 5.02 Å². The maximum absolute atomic E-state index is 6.55. The number of hydrogen-bond donors (Lipinski definition) is 1. The Hall–Kier alpha value is -4.57. The van der Waals surface area contributed by atoms with Crippen LogP contribution in [-0.4, -0.2) is 41.8 Å². The summed E-state index contributed by atoms with van der Waals surface area (Å²) < 4.78 is 12.5. The highest BCUT2D eigenvalue weighted by Gasteiger charge is 2.20. The van der Waals surface area contributed by atoms with Crippen molar-refractivity contribution >= 4 is 39.4 Å². The van der Waals surface area contributed by atoms with Gasteiger partial charge in [-0.15, -0.1) is 0 Å². The summed E-state index contributed by atoms with van der Waals surface area (Å²) >= 11 is 6.55. The average Bonchev–Trinajstić information content (AvgIpc) is 3.55. The number of nitrogens with one attached hydrogen (secondary N) is 1. The van der Waals surface area contributed by atoms with Crippen molar-refractivity contribution in [1.29, 1.82) is 0 Å². The van der Waals surface area contributed by atoms with Crippen LogP contribution in [0.15, 0.2) is 65.7 Å². The summed E-state index contributed by atoms with van der Waals surface area (Å²) in [7, 11) is 1.65. The number of anilines is 1. The van der Waals surface area contributed by atoms with E-state index in [0.717, 1.165) is 33.4 Å². The smallest absolute Gasteiger partial charge is 0.223 e.